The molecular formula is C19H26N2O4. The molecule has 1 N–H and O–H groups in total. The molecule has 0 aromatic heterocycles. The van der Waals surface area contributed by atoms with Crippen LogP contribution in [-0.4, -0.2) is 54.5 Å². The number of benzene rings is 1. The Labute approximate surface area is 148 Å². The van der Waals surface area contributed by atoms with Gasteiger partial charge < -0.3 is 14.6 Å². The van der Waals surface area contributed by atoms with Gasteiger partial charge in [-0.2, -0.15) is 5.10 Å². The molecule has 3 atom stereocenters. The van der Waals surface area contributed by atoms with Crippen molar-refractivity contribution in [1.82, 2.24) is 5.01 Å². The van der Waals surface area contributed by atoms with E-state index in [-0.39, 0.29) is 17.2 Å². The third-order valence-corrected chi connectivity index (χ3v) is 5.07. The number of rotatable bonds is 6. The third-order valence-electron chi connectivity index (χ3n) is 5.07. The van der Waals surface area contributed by atoms with Crippen molar-refractivity contribution in [2.45, 2.75) is 38.8 Å². The number of hydrogen-bond acceptors (Lipinski definition) is 6. The summed E-state index contributed by atoms with van der Waals surface area (Å²) in [6.07, 6.45) is 4.56. The summed E-state index contributed by atoms with van der Waals surface area (Å²) in [6, 6.07) is 5.60. The van der Waals surface area contributed by atoms with Crippen LogP contribution in [0.3, 0.4) is 0 Å². The molecule has 0 radical (unpaired) electrons. The molecule has 2 heterocycles. The first-order chi connectivity index (χ1) is 12.1. The molecule has 1 aromatic rings. The molecular weight excluding hydrogens is 320 g/mol. The number of phenols is 1. The van der Waals surface area contributed by atoms with Crippen LogP contribution in [0, 0.1) is 11.8 Å². The zero-order valence-corrected chi connectivity index (χ0v) is 14.8. The fourth-order valence-corrected chi connectivity index (χ4v) is 3.80. The molecule has 136 valence electrons. The monoisotopic (exact) mass is 346 g/mol. The lowest BCUT2D eigenvalue weighted by Gasteiger charge is -2.40. The highest BCUT2D eigenvalue weighted by atomic mass is 16.5. The van der Waals surface area contributed by atoms with E-state index in [2.05, 4.69) is 24.0 Å². The molecule has 6 nitrogen and oxygen atoms in total. The summed E-state index contributed by atoms with van der Waals surface area (Å²) in [5.74, 6) is 1.01. The highest BCUT2D eigenvalue weighted by Gasteiger charge is 2.38. The summed E-state index contributed by atoms with van der Waals surface area (Å²) in [4.78, 5) is 11.2. The van der Waals surface area contributed by atoms with Crippen LogP contribution in [0.25, 0.3) is 0 Å². The first-order valence-corrected chi connectivity index (χ1v) is 8.90. The molecule has 3 rings (SSSR count). The maximum absolute atomic E-state index is 11.2. The largest absolute Gasteiger partial charge is 0.507 e. The minimum Gasteiger partial charge on any atom is -0.507 e. The third kappa shape index (κ3) is 3.79. The maximum atomic E-state index is 11.2. The van der Waals surface area contributed by atoms with Gasteiger partial charge in [-0.15, -0.1) is 0 Å². The van der Waals surface area contributed by atoms with Gasteiger partial charge >= 0.3 is 0 Å². The predicted molar refractivity (Wildman–Crippen MR) is 95.3 cm³/mol. The van der Waals surface area contributed by atoms with Gasteiger partial charge in [-0.05, 0) is 38.3 Å². The van der Waals surface area contributed by atoms with Crippen molar-refractivity contribution in [2.75, 3.05) is 19.8 Å². The first kappa shape index (κ1) is 17.7. The van der Waals surface area contributed by atoms with Crippen molar-refractivity contribution in [3.63, 3.8) is 0 Å². The van der Waals surface area contributed by atoms with Crippen molar-refractivity contribution in [3.05, 3.63) is 23.8 Å². The highest BCUT2D eigenvalue weighted by Crippen LogP contribution is 2.34. The average molecular weight is 346 g/mol. The van der Waals surface area contributed by atoms with E-state index >= 15 is 0 Å². The average Bonchev–Trinajstić information content (AvgIpc) is 3.10. The van der Waals surface area contributed by atoms with Crippen LogP contribution in [-0.2, 0) is 4.74 Å². The molecule has 2 aliphatic rings. The lowest BCUT2D eigenvalue weighted by atomic mass is 9.81. The van der Waals surface area contributed by atoms with Crippen molar-refractivity contribution in [2.24, 2.45) is 16.9 Å². The SMILES string of the molecule is CC(C)N1N=CCC1C1CCOCC1COc1cccc(O)c1C=O. The normalized spacial score (nSPS) is 26.2. The van der Waals surface area contributed by atoms with E-state index in [0.29, 0.717) is 43.3 Å². The van der Waals surface area contributed by atoms with Gasteiger partial charge in [-0.1, -0.05) is 6.07 Å². The predicted octanol–water partition coefficient (Wildman–Crippen LogP) is 2.70. The van der Waals surface area contributed by atoms with Crippen LogP contribution in [0.2, 0.25) is 0 Å². The Morgan fingerprint density at radius 3 is 3.08 bits per heavy atom. The number of carbonyl (C=O) groups is 1. The van der Waals surface area contributed by atoms with Crippen LogP contribution in [0.15, 0.2) is 23.3 Å². The topological polar surface area (TPSA) is 71.4 Å². The van der Waals surface area contributed by atoms with Crippen LogP contribution < -0.4 is 4.74 Å². The summed E-state index contributed by atoms with van der Waals surface area (Å²) in [7, 11) is 0. The zero-order chi connectivity index (χ0) is 17.8. The van der Waals surface area contributed by atoms with Gasteiger partial charge in [0.25, 0.3) is 0 Å². The van der Waals surface area contributed by atoms with E-state index in [4.69, 9.17) is 9.47 Å². The smallest absolute Gasteiger partial charge is 0.157 e. The minimum absolute atomic E-state index is 0.0564. The van der Waals surface area contributed by atoms with Gasteiger partial charge in [0.15, 0.2) is 6.29 Å². The number of aldehydes is 1. The number of ether oxygens (including phenoxy) is 2. The van der Waals surface area contributed by atoms with Crippen LogP contribution in [0.1, 0.15) is 37.0 Å². The summed E-state index contributed by atoms with van der Waals surface area (Å²) < 4.78 is 11.6. The van der Waals surface area contributed by atoms with Crippen molar-refractivity contribution < 1.29 is 19.4 Å². The summed E-state index contributed by atoms with van der Waals surface area (Å²) in [5, 5.41) is 16.5. The van der Waals surface area contributed by atoms with Gasteiger partial charge in [0, 0.05) is 31.2 Å². The van der Waals surface area contributed by atoms with Gasteiger partial charge in [0.2, 0.25) is 0 Å². The fourth-order valence-electron chi connectivity index (χ4n) is 3.80. The second kappa shape index (κ2) is 7.87. The Hall–Kier alpha value is -2.08. The van der Waals surface area contributed by atoms with E-state index in [1.54, 1.807) is 12.1 Å². The molecule has 2 aliphatic heterocycles. The molecule has 1 saturated heterocycles. The number of nitrogens with zero attached hydrogens (tertiary/aromatic N) is 2. The van der Waals surface area contributed by atoms with Gasteiger partial charge in [-0.25, -0.2) is 0 Å². The number of hydrazone groups is 1. The number of phenolic OH excluding ortho intramolecular Hbond substituents is 1. The Morgan fingerprint density at radius 1 is 1.48 bits per heavy atom. The molecule has 3 unspecified atom stereocenters. The molecule has 0 amide bonds. The van der Waals surface area contributed by atoms with Gasteiger partial charge in [0.1, 0.15) is 11.5 Å². The molecule has 1 fully saturated rings. The quantitative estimate of drug-likeness (QED) is 0.802. The lowest BCUT2D eigenvalue weighted by Crippen LogP contribution is -2.46. The molecule has 0 aliphatic carbocycles. The Morgan fingerprint density at radius 2 is 2.32 bits per heavy atom. The number of carbonyl (C=O) groups excluding carboxylic acids is 1. The standard InChI is InChI=1S/C19H26N2O4/c1-13(2)21-17(6-8-20-21)15-7-9-24-11-14(15)12-25-19-5-3-4-18(23)16(19)10-22/h3-5,8,10,13-15,17,23H,6-7,9,11-12H2,1-2H3. The first-order valence-electron chi connectivity index (χ1n) is 8.90. The van der Waals surface area contributed by atoms with E-state index < -0.39 is 0 Å². The minimum atomic E-state index is -0.0564. The van der Waals surface area contributed by atoms with Crippen LogP contribution in [0.4, 0.5) is 0 Å². The zero-order valence-electron chi connectivity index (χ0n) is 14.8. The van der Waals surface area contributed by atoms with Crippen LogP contribution in [0.5, 0.6) is 11.5 Å². The Kier molecular flexibility index (Phi) is 5.58. The Balaban J connectivity index is 1.70. The van der Waals surface area contributed by atoms with Crippen molar-refractivity contribution in [1.29, 1.82) is 0 Å². The molecule has 6 heteroatoms. The van der Waals surface area contributed by atoms with Crippen molar-refractivity contribution in [3.8, 4) is 11.5 Å². The van der Waals surface area contributed by atoms with E-state index in [0.717, 1.165) is 19.4 Å². The molecule has 0 bridgehead atoms. The maximum Gasteiger partial charge on any atom is 0.157 e. The molecule has 1 aromatic carbocycles. The van der Waals surface area contributed by atoms with Gasteiger partial charge in [-0.3, -0.25) is 9.80 Å². The molecule has 0 saturated carbocycles. The van der Waals surface area contributed by atoms with Crippen LogP contribution >= 0.6 is 0 Å². The summed E-state index contributed by atoms with van der Waals surface area (Å²) in [6.45, 7) is 6.17. The second-order valence-electron chi connectivity index (χ2n) is 6.98. The van der Waals surface area contributed by atoms with Gasteiger partial charge in [0.05, 0.1) is 24.8 Å². The van der Waals surface area contributed by atoms with E-state index in [1.807, 2.05) is 6.21 Å². The van der Waals surface area contributed by atoms with Crippen molar-refractivity contribution >= 4 is 12.5 Å². The molecule has 25 heavy (non-hydrogen) atoms. The Bertz CT molecular complexity index is 632. The number of aromatic hydroxyl groups is 1. The lowest BCUT2D eigenvalue weighted by molar-refractivity contribution is -0.0356. The summed E-state index contributed by atoms with van der Waals surface area (Å²) >= 11 is 0. The number of hydrogen-bond donors (Lipinski definition) is 1. The summed E-state index contributed by atoms with van der Waals surface area (Å²) in [5.41, 5.74) is 0.198. The highest BCUT2D eigenvalue weighted by molar-refractivity contribution is 5.83. The van der Waals surface area contributed by atoms with E-state index in [1.165, 1.54) is 6.07 Å². The fraction of sp³-hybridized carbons (Fsp3) is 0.579. The second-order valence-corrected chi connectivity index (χ2v) is 6.98. The molecule has 0 spiro atoms. The van der Waals surface area contributed by atoms with E-state index in [9.17, 15) is 9.90 Å².